The molecule has 8 nitrogen and oxygen atoms in total. The number of hydrogen-bond acceptors (Lipinski definition) is 6. The van der Waals surface area contributed by atoms with Crippen LogP contribution in [0, 0.1) is 0 Å². The lowest BCUT2D eigenvalue weighted by Gasteiger charge is -2.45. The number of rotatable bonds is 9. The normalized spacial score (nSPS) is 29.0. The number of nitrogens with zero attached hydrogens (tertiary/aromatic N) is 3. The Morgan fingerprint density at radius 2 is 1.84 bits per heavy atom. The Labute approximate surface area is 146 Å². The van der Waals surface area contributed by atoms with Gasteiger partial charge in [0.25, 0.3) is 0 Å². The van der Waals surface area contributed by atoms with E-state index in [1.54, 1.807) is 14.2 Å². The summed E-state index contributed by atoms with van der Waals surface area (Å²) in [6.07, 6.45) is -1.49. The highest BCUT2D eigenvalue weighted by Gasteiger charge is 2.46. The monoisotopic (exact) mass is 349 g/mol. The summed E-state index contributed by atoms with van der Waals surface area (Å²) in [6, 6.07) is 9.73. The first-order valence-corrected chi connectivity index (χ1v) is 8.06. The smallest absolute Gasteiger partial charge is 0.122 e. The SMILES string of the molecule is CO[C@@H]1[C@@H](OCc2ccccc2)[C@H](OC)[C@@H](CN=[N+]=[N-])O[C@H]1CC=O. The van der Waals surface area contributed by atoms with Crippen LogP contribution in [0.15, 0.2) is 35.4 Å². The first-order chi connectivity index (χ1) is 12.2. The fraction of sp³-hybridized carbons (Fsp3) is 0.588. The Bertz CT molecular complexity index is 579. The molecule has 0 aromatic heterocycles. The molecule has 0 spiro atoms. The molecule has 0 bridgehead atoms. The Balaban J connectivity index is 2.20. The fourth-order valence-electron chi connectivity index (χ4n) is 3.07. The van der Waals surface area contributed by atoms with Crippen molar-refractivity contribution in [3.63, 3.8) is 0 Å². The summed E-state index contributed by atoms with van der Waals surface area (Å²) in [4.78, 5) is 13.8. The van der Waals surface area contributed by atoms with Crippen LogP contribution >= 0.6 is 0 Å². The molecule has 0 N–H and O–H groups in total. The van der Waals surface area contributed by atoms with Gasteiger partial charge in [-0.05, 0) is 11.1 Å². The Hall–Kier alpha value is -1.96. The molecule has 0 unspecified atom stereocenters. The Kier molecular flexibility index (Phi) is 7.84. The Morgan fingerprint density at radius 1 is 1.16 bits per heavy atom. The van der Waals surface area contributed by atoms with Gasteiger partial charge in [0.2, 0.25) is 0 Å². The van der Waals surface area contributed by atoms with Crippen molar-refractivity contribution in [3.8, 4) is 0 Å². The number of carbonyl (C=O) groups is 1. The van der Waals surface area contributed by atoms with Crippen LogP contribution in [0.5, 0.6) is 0 Å². The van der Waals surface area contributed by atoms with E-state index in [4.69, 9.17) is 24.5 Å². The summed E-state index contributed by atoms with van der Waals surface area (Å²) in [5.41, 5.74) is 9.60. The van der Waals surface area contributed by atoms with Gasteiger partial charge < -0.3 is 23.7 Å². The van der Waals surface area contributed by atoms with Gasteiger partial charge in [0, 0.05) is 25.6 Å². The standard InChI is InChI=1S/C17H23N3O5/c1-22-15-13(8-9-21)25-14(10-19-20-18)16(23-2)17(15)24-11-12-6-4-3-5-7-12/h3-7,9,13-17H,8,10-11H2,1-2H3/t13-,14+,15-,16+,17+/m0/s1. The topological polar surface area (TPSA) is 103 Å². The van der Waals surface area contributed by atoms with Crippen molar-refractivity contribution in [1.29, 1.82) is 0 Å². The highest BCUT2D eigenvalue weighted by molar-refractivity contribution is 5.50. The molecule has 136 valence electrons. The number of aldehydes is 1. The molecular formula is C17H23N3O5. The number of methoxy groups -OCH3 is 2. The average Bonchev–Trinajstić information content (AvgIpc) is 2.65. The van der Waals surface area contributed by atoms with Crippen molar-refractivity contribution in [3.05, 3.63) is 46.3 Å². The molecule has 1 heterocycles. The third-order valence-electron chi connectivity index (χ3n) is 4.21. The van der Waals surface area contributed by atoms with E-state index in [0.717, 1.165) is 11.8 Å². The summed E-state index contributed by atoms with van der Waals surface area (Å²) in [6.45, 7) is 0.458. The zero-order valence-electron chi connectivity index (χ0n) is 14.4. The number of hydrogen-bond donors (Lipinski definition) is 0. The highest BCUT2D eigenvalue weighted by atomic mass is 16.6. The minimum atomic E-state index is -0.516. The lowest BCUT2D eigenvalue weighted by Crippen LogP contribution is -2.60. The molecule has 5 atom stereocenters. The van der Waals surface area contributed by atoms with Crippen LogP contribution < -0.4 is 0 Å². The van der Waals surface area contributed by atoms with E-state index in [2.05, 4.69) is 10.0 Å². The van der Waals surface area contributed by atoms with Gasteiger partial charge in [0.15, 0.2) is 0 Å². The predicted molar refractivity (Wildman–Crippen MR) is 90.0 cm³/mol. The molecule has 1 saturated heterocycles. The number of carbonyl (C=O) groups excluding carboxylic acids is 1. The van der Waals surface area contributed by atoms with Crippen molar-refractivity contribution in [2.24, 2.45) is 5.11 Å². The van der Waals surface area contributed by atoms with E-state index in [1.807, 2.05) is 30.3 Å². The number of azide groups is 1. The van der Waals surface area contributed by atoms with Crippen molar-refractivity contribution in [2.75, 3.05) is 20.8 Å². The zero-order chi connectivity index (χ0) is 18.1. The van der Waals surface area contributed by atoms with Gasteiger partial charge in [-0.1, -0.05) is 35.4 Å². The van der Waals surface area contributed by atoms with Gasteiger partial charge in [0.1, 0.15) is 24.6 Å². The molecule has 0 amide bonds. The molecule has 1 aromatic rings. The van der Waals surface area contributed by atoms with Gasteiger partial charge >= 0.3 is 0 Å². The van der Waals surface area contributed by atoms with Crippen molar-refractivity contribution in [2.45, 2.75) is 43.5 Å². The fourth-order valence-corrected chi connectivity index (χ4v) is 3.07. The first-order valence-electron chi connectivity index (χ1n) is 8.06. The van der Waals surface area contributed by atoms with E-state index in [0.29, 0.717) is 6.61 Å². The van der Waals surface area contributed by atoms with Gasteiger partial charge in [0.05, 0.1) is 25.4 Å². The molecule has 1 fully saturated rings. The van der Waals surface area contributed by atoms with E-state index in [1.165, 1.54) is 0 Å². The molecule has 0 saturated carbocycles. The highest BCUT2D eigenvalue weighted by Crippen LogP contribution is 2.29. The number of ether oxygens (including phenoxy) is 4. The van der Waals surface area contributed by atoms with Crippen molar-refractivity contribution in [1.82, 2.24) is 0 Å². The first kappa shape index (κ1) is 19.4. The van der Waals surface area contributed by atoms with E-state index in [-0.39, 0.29) is 13.0 Å². The van der Waals surface area contributed by atoms with Crippen LogP contribution in [-0.2, 0) is 30.3 Å². The molecule has 25 heavy (non-hydrogen) atoms. The maximum atomic E-state index is 11.0. The van der Waals surface area contributed by atoms with E-state index < -0.39 is 30.5 Å². The third-order valence-corrected chi connectivity index (χ3v) is 4.21. The summed E-state index contributed by atoms with van der Waals surface area (Å²) in [5.74, 6) is 0. The maximum absolute atomic E-state index is 11.0. The maximum Gasteiger partial charge on any atom is 0.122 e. The van der Waals surface area contributed by atoms with Gasteiger partial charge in [-0.3, -0.25) is 0 Å². The lowest BCUT2D eigenvalue weighted by molar-refractivity contribution is -0.247. The van der Waals surface area contributed by atoms with Crippen LogP contribution in [0.2, 0.25) is 0 Å². The van der Waals surface area contributed by atoms with Crippen LogP contribution in [0.3, 0.4) is 0 Å². The van der Waals surface area contributed by atoms with Crippen LogP contribution in [0.4, 0.5) is 0 Å². The zero-order valence-corrected chi connectivity index (χ0v) is 14.4. The largest absolute Gasteiger partial charge is 0.376 e. The van der Waals surface area contributed by atoms with E-state index >= 15 is 0 Å². The summed E-state index contributed by atoms with van der Waals surface area (Å²) >= 11 is 0. The summed E-state index contributed by atoms with van der Waals surface area (Å²) in [7, 11) is 3.09. The van der Waals surface area contributed by atoms with Crippen LogP contribution in [-0.4, -0.2) is 57.6 Å². The van der Waals surface area contributed by atoms with Crippen molar-refractivity contribution >= 4 is 6.29 Å². The molecule has 2 rings (SSSR count). The van der Waals surface area contributed by atoms with E-state index in [9.17, 15) is 4.79 Å². The average molecular weight is 349 g/mol. The molecular weight excluding hydrogens is 326 g/mol. The minimum Gasteiger partial charge on any atom is -0.376 e. The molecule has 1 aliphatic rings. The second kappa shape index (κ2) is 10.1. The van der Waals surface area contributed by atoms with Gasteiger partial charge in [-0.15, -0.1) is 0 Å². The second-order valence-electron chi connectivity index (χ2n) is 5.69. The summed E-state index contributed by atoms with van der Waals surface area (Å²) in [5, 5.41) is 3.58. The number of benzene rings is 1. The third kappa shape index (κ3) is 5.01. The lowest BCUT2D eigenvalue weighted by atomic mass is 9.92. The molecule has 8 heteroatoms. The second-order valence-corrected chi connectivity index (χ2v) is 5.69. The molecule has 0 aliphatic carbocycles. The molecule has 1 aromatic carbocycles. The van der Waals surface area contributed by atoms with Crippen molar-refractivity contribution < 1.29 is 23.7 Å². The van der Waals surface area contributed by atoms with Crippen LogP contribution in [0.1, 0.15) is 12.0 Å². The Morgan fingerprint density at radius 3 is 2.44 bits per heavy atom. The predicted octanol–water partition coefficient (Wildman–Crippen LogP) is 2.27. The van der Waals surface area contributed by atoms with Gasteiger partial charge in [-0.25, -0.2) is 0 Å². The van der Waals surface area contributed by atoms with Crippen LogP contribution in [0.25, 0.3) is 10.4 Å². The molecule has 0 radical (unpaired) electrons. The minimum absolute atomic E-state index is 0.0893. The van der Waals surface area contributed by atoms with Gasteiger partial charge in [-0.2, -0.15) is 0 Å². The molecule has 1 aliphatic heterocycles. The summed E-state index contributed by atoms with van der Waals surface area (Å²) < 4.78 is 23.1. The quantitative estimate of drug-likeness (QED) is 0.294.